The maximum atomic E-state index is 12.1. The molecule has 20 heavy (non-hydrogen) atoms. The number of carbonyl (C=O) groups excluding carboxylic acids is 1. The van der Waals surface area contributed by atoms with Gasteiger partial charge in [0.25, 0.3) is 0 Å². The average Bonchev–Trinajstić information content (AvgIpc) is 2.45. The van der Waals surface area contributed by atoms with Crippen molar-refractivity contribution in [1.29, 1.82) is 0 Å². The van der Waals surface area contributed by atoms with Gasteiger partial charge in [-0.1, -0.05) is 12.5 Å². The molecule has 4 nitrogen and oxygen atoms in total. The second-order valence-corrected chi connectivity index (χ2v) is 5.12. The summed E-state index contributed by atoms with van der Waals surface area (Å²) in [6, 6.07) is 7.11. The van der Waals surface area contributed by atoms with Gasteiger partial charge < -0.3 is 14.8 Å². The number of ether oxygens (including phenoxy) is 2. The van der Waals surface area contributed by atoms with E-state index < -0.39 is 6.04 Å². The zero-order chi connectivity index (χ0) is 14.6. The van der Waals surface area contributed by atoms with E-state index in [0.29, 0.717) is 0 Å². The minimum absolute atomic E-state index is 0.201. The summed E-state index contributed by atoms with van der Waals surface area (Å²) in [7, 11) is 3.04. The average molecular weight is 275 g/mol. The van der Waals surface area contributed by atoms with Crippen molar-refractivity contribution < 1.29 is 14.3 Å². The molecule has 1 fully saturated rings. The standard InChI is InChI=1S/C16H21NO3/c1-4-16(10-5-11-16)14(15(18)20-3)17-12-6-8-13(19-2)9-7-12/h4,6-9,14,17H,1,5,10-11H2,2-3H3/t14-/m1/s1. The third-order valence-electron chi connectivity index (χ3n) is 4.10. The molecule has 0 aromatic heterocycles. The monoisotopic (exact) mass is 275 g/mol. The fraction of sp³-hybridized carbons (Fsp3) is 0.438. The zero-order valence-electron chi connectivity index (χ0n) is 12.0. The molecule has 1 N–H and O–H groups in total. The van der Waals surface area contributed by atoms with E-state index >= 15 is 0 Å². The highest BCUT2D eigenvalue weighted by atomic mass is 16.5. The van der Waals surface area contributed by atoms with Gasteiger partial charge in [0.15, 0.2) is 0 Å². The molecule has 1 atom stereocenters. The maximum Gasteiger partial charge on any atom is 0.329 e. The van der Waals surface area contributed by atoms with E-state index in [2.05, 4.69) is 11.9 Å². The first-order valence-electron chi connectivity index (χ1n) is 6.77. The molecule has 1 aliphatic rings. The molecule has 4 heteroatoms. The van der Waals surface area contributed by atoms with E-state index in [1.165, 1.54) is 7.11 Å². The van der Waals surface area contributed by atoms with Gasteiger partial charge in [-0.3, -0.25) is 0 Å². The summed E-state index contributed by atoms with van der Waals surface area (Å²) >= 11 is 0. The molecular formula is C16H21NO3. The normalized spacial score (nSPS) is 17.5. The second kappa shape index (κ2) is 5.99. The molecule has 0 unspecified atom stereocenters. The van der Waals surface area contributed by atoms with Crippen molar-refractivity contribution in [2.45, 2.75) is 25.3 Å². The predicted molar refractivity (Wildman–Crippen MR) is 78.9 cm³/mol. The lowest BCUT2D eigenvalue weighted by Crippen LogP contribution is -2.49. The molecule has 1 saturated carbocycles. The lowest BCUT2D eigenvalue weighted by Gasteiger charge is -2.44. The van der Waals surface area contributed by atoms with Gasteiger partial charge in [-0.2, -0.15) is 0 Å². The van der Waals surface area contributed by atoms with E-state index in [0.717, 1.165) is 30.7 Å². The topological polar surface area (TPSA) is 47.6 Å². The van der Waals surface area contributed by atoms with Crippen LogP contribution in [0.15, 0.2) is 36.9 Å². The Balaban J connectivity index is 2.19. The summed E-state index contributed by atoms with van der Waals surface area (Å²) in [6.07, 6.45) is 4.91. The van der Waals surface area contributed by atoms with Gasteiger partial charge in [-0.15, -0.1) is 6.58 Å². The van der Waals surface area contributed by atoms with Crippen LogP contribution in [-0.4, -0.2) is 26.2 Å². The highest BCUT2D eigenvalue weighted by Crippen LogP contribution is 2.46. The van der Waals surface area contributed by atoms with Gasteiger partial charge in [0.05, 0.1) is 14.2 Å². The zero-order valence-corrected chi connectivity index (χ0v) is 12.0. The number of carbonyl (C=O) groups is 1. The molecule has 0 heterocycles. The Bertz CT molecular complexity index is 477. The lowest BCUT2D eigenvalue weighted by molar-refractivity contribution is -0.145. The molecule has 0 spiro atoms. The van der Waals surface area contributed by atoms with Gasteiger partial charge in [-0.05, 0) is 37.1 Å². The quantitative estimate of drug-likeness (QED) is 0.640. The van der Waals surface area contributed by atoms with E-state index in [9.17, 15) is 4.79 Å². The molecule has 0 saturated heterocycles. The Morgan fingerprint density at radius 1 is 1.35 bits per heavy atom. The van der Waals surface area contributed by atoms with Gasteiger partial charge >= 0.3 is 5.97 Å². The van der Waals surface area contributed by atoms with Crippen LogP contribution in [0.25, 0.3) is 0 Å². The summed E-state index contributed by atoms with van der Waals surface area (Å²) in [5.41, 5.74) is 0.668. The molecule has 0 amide bonds. The number of esters is 1. The predicted octanol–water partition coefficient (Wildman–Crippen LogP) is 3.01. The van der Waals surface area contributed by atoms with Crippen LogP contribution in [0.4, 0.5) is 5.69 Å². The Kier molecular flexibility index (Phi) is 4.32. The third kappa shape index (κ3) is 2.64. The Morgan fingerprint density at radius 2 is 2.00 bits per heavy atom. The van der Waals surface area contributed by atoms with Crippen LogP contribution in [0.2, 0.25) is 0 Å². The largest absolute Gasteiger partial charge is 0.497 e. The minimum Gasteiger partial charge on any atom is -0.497 e. The second-order valence-electron chi connectivity index (χ2n) is 5.12. The maximum absolute atomic E-state index is 12.1. The summed E-state index contributed by atoms with van der Waals surface area (Å²) in [4.78, 5) is 12.1. The van der Waals surface area contributed by atoms with Crippen molar-refractivity contribution in [3.05, 3.63) is 36.9 Å². The first-order valence-corrected chi connectivity index (χ1v) is 6.77. The Morgan fingerprint density at radius 3 is 2.40 bits per heavy atom. The van der Waals surface area contributed by atoms with Crippen molar-refractivity contribution in [3.8, 4) is 5.75 Å². The molecular weight excluding hydrogens is 254 g/mol. The van der Waals surface area contributed by atoms with Crippen molar-refractivity contribution in [2.24, 2.45) is 5.41 Å². The van der Waals surface area contributed by atoms with Crippen LogP contribution in [-0.2, 0) is 9.53 Å². The first kappa shape index (κ1) is 14.4. The molecule has 1 aliphatic carbocycles. The highest BCUT2D eigenvalue weighted by Gasteiger charge is 2.46. The number of hydrogen-bond donors (Lipinski definition) is 1. The van der Waals surface area contributed by atoms with Gasteiger partial charge in [0.1, 0.15) is 11.8 Å². The van der Waals surface area contributed by atoms with Crippen LogP contribution in [0.3, 0.4) is 0 Å². The highest BCUT2D eigenvalue weighted by molar-refractivity contribution is 5.81. The first-order chi connectivity index (χ1) is 9.65. The Labute approximate surface area is 119 Å². The molecule has 0 radical (unpaired) electrons. The van der Waals surface area contributed by atoms with Crippen LogP contribution in [0.1, 0.15) is 19.3 Å². The number of anilines is 1. The van der Waals surface area contributed by atoms with Crippen LogP contribution in [0, 0.1) is 5.41 Å². The third-order valence-corrected chi connectivity index (χ3v) is 4.10. The molecule has 2 rings (SSSR count). The Hall–Kier alpha value is -1.97. The van der Waals surface area contributed by atoms with E-state index in [1.54, 1.807) is 7.11 Å². The van der Waals surface area contributed by atoms with Gasteiger partial charge in [0, 0.05) is 11.1 Å². The number of rotatable bonds is 6. The van der Waals surface area contributed by atoms with Crippen LogP contribution >= 0.6 is 0 Å². The van der Waals surface area contributed by atoms with E-state index in [-0.39, 0.29) is 11.4 Å². The molecule has 1 aromatic carbocycles. The van der Waals surface area contributed by atoms with E-state index in [1.807, 2.05) is 30.3 Å². The molecule has 1 aromatic rings. The van der Waals surface area contributed by atoms with Crippen molar-refractivity contribution >= 4 is 11.7 Å². The summed E-state index contributed by atoms with van der Waals surface area (Å²) in [5.74, 6) is 0.535. The number of benzene rings is 1. The smallest absolute Gasteiger partial charge is 0.329 e. The number of nitrogens with one attached hydrogen (secondary N) is 1. The lowest BCUT2D eigenvalue weighted by atomic mass is 9.64. The summed E-state index contributed by atoms with van der Waals surface area (Å²) < 4.78 is 10.1. The molecule has 0 aliphatic heterocycles. The van der Waals surface area contributed by atoms with Crippen molar-refractivity contribution in [3.63, 3.8) is 0 Å². The molecule has 108 valence electrons. The summed E-state index contributed by atoms with van der Waals surface area (Å²) in [5, 5.41) is 3.27. The van der Waals surface area contributed by atoms with Crippen molar-refractivity contribution in [2.75, 3.05) is 19.5 Å². The van der Waals surface area contributed by atoms with Crippen LogP contribution in [0.5, 0.6) is 5.75 Å². The molecule has 0 bridgehead atoms. The minimum atomic E-state index is -0.396. The van der Waals surface area contributed by atoms with Gasteiger partial charge in [-0.25, -0.2) is 4.79 Å². The fourth-order valence-electron chi connectivity index (χ4n) is 2.60. The van der Waals surface area contributed by atoms with Crippen molar-refractivity contribution in [1.82, 2.24) is 0 Å². The number of methoxy groups -OCH3 is 2. The number of hydrogen-bond acceptors (Lipinski definition) is 4. The summed E-state index contributed by atoms with van der Waals surface area (Å²) in [6.45, 7) is 3.89. The van der Waals surface area contributed by atoms with E-state index in [4.69, 9.17) is 9.47 Å². The van der Waals surface area contributed by atoms with Crippen LogP contribution < -0.4 is 10.1 Å². The SMILES string of the molecule is C=CC1([C@H](Nc2ccc(OC)cc2)C(=O)OC)CCC1. The fourth-order valence-corrected chi connectivity index (χ4v) is 2.60. The van der Waals surface area contributed by atoms with Gasteiger partial charge in [0.2, 0.25) is 0 Å².